The molecule has 1 aliphatic rings. The second-order valence-corrected chi connectivity index (χ2v) is 6.12. The molecule has 2 amide bonds. The standard InChI is InChI=1S/C12H11ClN2O6S.Na/c13-10-5-14-12(17)15(11(10)22(18,19)20)7-21-9-3-1-8(6-16)2-4-9;/h1-6,11H,7H2,(H,14,17)(H,18,19,20);/q;+1/p-1. The molecule has 1 aromatic rings. The van der Waals surface area contributed by atoms with E-state index in [1.54, 1.807) is 0 Å². The van der Waals surface area contributed by atoms with Gasteiger partial charge in [-0.2, -0.15) is 0 Å². The van der Waals surface area contributed by atoms with Crippen LogP contribution in [-0.2, 0) is 10.1 Å². The second kappa shape index (κ2) is 8.13. The summed E-state index contributed by atoms with van der Waals surface area (Å²) >= 11 is 5.68. The van der Waals surface area contributed by atoms with Gasteiger partial charge in [0.15, 0.2) is 12.1 Å². The molecule has 118 valence electrons. The third kappa shape index (κ3) is 4.93. The Morgan fingerprint density at radius 1 is 1.35 bits per heavy atom. The van der Waals surface area contributed by atoms with Crippen LogP contribution in [-0.4, -0.2) is 42.3 Å². The van der Waals surface area contributed by atoms with Gasteiger partial charge in [-0.1, -0.05) is 11.6 Å². The van der Waals surface area contributed by atoms with Crippen LogP contribution >= 0.6 is 11.6 Å². The summed E-state index contributed by atoms with van der Waals surface area (Å²) < 4.78 is 39.0. The SMILES string of the molecule is O=Cc1ccc(OCN2C(=O)NC=C(Cl)C2S(=O)(=O)[O-])cc1.[Na+]. The van der Waals surface area contributed by atoms with Crippen molar-refractivity contribution >= 4 is 34.0 Å². The van der Waals surface area contributed by atoms with Crippen LogP contribution in [0.15, 0.2) is 35.5 Å². The number of hydrogen-bond donors (Lipinski definition) is 1. The van der Waals surface area contributed by atoms with Crippen LogP contribution in [0.1, 0.15) is 10.4 Å². The fourth-order valence-corrected chi connectivity index (χ4v) is 3.06. The van der Waals surface area contributed by atoms with Crippen LogP contribution in [0.3, 0.4) is 0 Å². The van der Waals surface area contributed by atoms with Crippen LogP contribution in [0.25, 0.3) is 0 Å². The first-order valence-electron chi connectivity index (χ1n) is 5.88. The summed E-state index contributed by atoms with van der Waals surface area (Å²) in [6, 6.07) is 5.05. The molecule has 0 spiro atoms. The molecule has 1 aromatic carbocycles. The number of rotatable bonds is 5. The number of nitrogens with zero attached hydrogens (tertiary/aromatic N) is 1. The molecule has 0 saturated carbocycles. The Hall–Kier alpha value is -1.10. The molecule has 0 radical (unpaired) electrons. The summed E-state index contributed by atoms with van der Waals surface area (Å²) in [6.07, 6.45) is 1.59. The smallest absolute Gasteiger partial charge is 0.746 e. The Labute approximate surface area is 159 Å². The van der Waals surface area contributed by atoms with Crippen LogP contribution in [0.2, 0.25) is 0 Å². The fraction of sp³-hybridized carbons (Fsp3) is 0.167. The maximum atomic E-state index is 11.7. The Morgan fingerprint density at radius 3 is 2.48 bits per heavy atom. The fourth-order valence-electron chi connectivity index (χ4n) is 1.75. The van der Waals surface area contributed by atoms with Crippen molar-refractivity contribution in [3.05, 3.63) is 41.1 Å². The first kappa shape index (κ1) is 19.9. The van der Waals surface area contributed by atoms with Crippen molar-refractivity contribution in [2.45, 2.75) is 5.37 Å². The molecule has 1 aliphatic heterocycles. The van der Waals surface area contributed by atoms with Gasteiger partial charge < -0.3 is 14.6 Å². The van der Waals surface area contributed by atoms with Gasteiger partial charge in [0, 0.05) is 11.8 Å². The summed E-state index contributed by atoms with van der Waals surface area (Å²) in [7, 11) is -4.88. The number of aldehydes is 1. The first-order chi connectivity index (χ1) is 10.3. The third-order valence-corrected chi connectivity index (χ3v) is 4.27. The van der Waals surface area contributed by atoms with Crippen molar-refractivity contribution in [1.82, 2.24) is 10.2 Å². The number of urea groups is 1. The molecule has 0 saturated heterocycles. The largest absolute Gasteiger partial charge is 1.00 e. The van der Waals surface area contributed by atoms with Crippen LogP contribution in [0, 0.1) is 0 Å². The summed E-state index contributed by atoms with van der Waals surface area (Å²) in [4.78, 5) is 22.9. The molecule has 1 N–H and O–H groups in total. The van der Waals surface area contributed by atoms with E-state index >= 15 is 0 Å². The van der Waals surface area contributed by atoms with E-state index in [2.05, 4.69) is 5.32 Å². The number of hydrogen-bond acceptors (Lipinski definition) is 6. The topological polar surface area (TPSA) is 116 Å². The van der Waals surface area contributed by atoms with Crippen LogP contribution in [0.5, 0.6) is 5.75 Å². The van der Waals surface area contributed by atoms with Crippen molar-refractivity contribution in [1.29, 1.82) is 0 Å². The minimum atomic E-state index is -4.88. The zero-order valence-electron chi connectivity index (χ0n) is 11.9. The Morgan fingerprint density at radius 2 is 1.96 bits per heavy atom. The van der Waals surface area contributed by atoms with E-state index < -0.39 is 28.3 Å². The summed E-state index contributed by atoms with van der Waals surface area (Å²) in [5, 5.41) is 0.0135. The normalized spacial score (nSPS) is 17.7. The van der Waals surface area contributed by atoms with E-state index in [-0.39, 0.29) is 40.3 Å². The van der Waals surface area contributed by atoms with Gasteiger partial charge in [-0.05, 0) is 24.3 Å². The molecule has 0 aromatic heterocycles. The van der Waals surface area contributed by atoms with Crippen molar-refractivity contribution in [3.8, 4) is 5.75 Å². The number of benzene rings is 1. The maximum absolute atomic E-state index is 11.7. The molecule has 11 heteroatoms. The van der Waals surface area contributed by atoms with Crippen molar-refractivity contribution in [3.63, 3.8) is 0 Å². The molecule has 0 fully saturated rings. The molecule has 0 bridgehead atoms. The predicted molar refractivity (Wildman–Crippen MR) is 75.1 cm³/mol. The molecular formula is C12H10ClN2NaO6S. The van der Waals surface area contributed by atoms with Gasteiger partial charge in [-0.15, -0.1) is 0 Å². The minimum Gasteiger partial charge on any atom is -0.746 e. The number of carbonyl (C=O) groups is 2. The zero-order chi connectivity index (χ0) is 16.3. The van der Waals surface area contributed by atoms with E-state index in [1.165, 1.54) is 24.3 Å². The monoisotopic (exact) mass is 368 g/mol. The van der Waals surface area contributed by atoms with Gasteiger partial charge in [0.2, 0.25) is 0 Å². The zero-order valence-corrected chi connectivity index (χ0v) is 15.5. The van der Waals surface area contributed by atoms with Gasteiger partial charge >= 0.3 is 35.6 Å². The molecule has 0 aliphatic carbocycles. The number of amides is 2. The summed E-state index contributed by atoms with van der Waals surface area (Å²) in [6.45, 7) is -0.511. The molecule has 8 nitrogen and oxygen atoms in total. The van der Waals surface area contributed by atoms with Gasteiger partial charge in [-0.3, -0.25) is 9.69 Å². The molecule has 2 rings (SSSR count). The number of halogens is 1. The van der Waals surface area contributed by atoms with Crippen LogP contribution < -0.4 is 39.6 Å². The van der Waals surface area contributed by atoms with E-state index in [9.17, 15) is 22.6 Å². The average molecular weight is 369 g/mol. The average Bonchev–Trinajstić information content (AvgIpc) is 2.47. The Kier molecular flexibility index (Phi) is 7.05. The van der Waals surface area contributed by atoms with Crippen molar-refractivity contribution < 1.29 is 56.9 Å². The van der Waals surface area contributed by atoms with Gasteiger partial charge in [-0.25, -0.2) is 13.2 Å². The molecule has 23 heavy (non-hydrogen) atoms. The summed E-state index contributed by atoms with van der Waals surface area (Å²) in [5.41, 5.74) is 0.425. The molecule has 1 atom stereocenters. The minimum absolute atomic E-state index is 0. The number of carbonyl (C=O) groups excluding carboxylic acids is 2. The second-order valence-electron chi connectivity index (χ2n) is 4.25. The van der Waals surface area contributed by atoms with Gasteiger partial charge in [0.1, 0.15) is 22.2 Å². The van der Waals surface area contributed by atoms with Gasteiger partial charge in [0.25, 0.3) is 0 Å². The van der Waals surface area contributed by atoms with Crippen molar-refractivity contribution in [2.24, 2.45) is 0 Å². The van der Waals surface area contributed by atoms with E-state index in [4.69, 9.17) is 16.3 Å². The first-order valence-corrected chi connectivity index (χ1v) is 7.73. The quantitative estimate of drug-likeness (QED) is 0.359. The van der Waals surface area contributed by atoms with Crippen LogP contribution in [0.4, 0.5) is 4.79 Å². The third-order valence-electron chi connectivity index (χ3n) is 2.77. The molecular weight excluding hydrogens is 359 g/mol. The van der Waals surface area contributed by atoms with Gasteiger partial charge in [0.05, 0.1) is 5.03 Å². The maximum Gasteiger partial charge on any atom is 1.00 e. The number of nitrogens with one attached hydrogen (secondary N) is 1. The van der Waals surface area contributed by atoms with E-state index in [0.717, 1.165) is 6.20 Å². The van der Waals surface area contributed by atoms with Crippen molar-refractivity contribution in [2.75, 3.05) is 6.73 Å². The predicted octanol–water partition coefficient (Wildman–Crippen LogP) is -2.18. The Bertz CT molecular complexity index is 722. The van der Waals surface area contributed by atoms with E-state index in [1.807, 2.05) is 0 Å². The van der Waals surface area contributed by atoms with E-state index in [0.29, 0.717) is 16.7 Å². The molecule has 1 unspecified atom stereocenters. The summed E-state index contributed by atoms with van der Waals surface area (Å²) in [5.74, 6) is 0.283. The number of ether oxygens (including phenoxy) is 1. The molecule has 1 heterocycles. The Balaban J connectivity index is 0.00000264.